The molecule has 0 unspecified atom stereocenters. The summed E-state index contributed by atoms with van der Waals surface area (Å²) >= 11 is 0. The van der Waals surface area contributed by atoms with Crippen molar-refractivity contribution in [1.82, 2.24) is 19.2 Å². The number of carbonyl (C=O) groups excluding carboxylic acids is 1. The fraction of sp³-hybridized carbons (Fsp3) is 0.192. The highest BCUT2D eigenvalue weighted by atomic mass is 16.5. The molecule has 7 heteroatoms. The van der Waals surface area contributed by atoms with E-state index in [0.717, 1.165) is 23.1 Å². The molecule has 0 aliphatic rings. The minimum Gasteiger partial charge on any atom is -0.493 e. The largest absolute Gasteiger partial charge is 0.493 e. The van der Waals surface area contributed by atoms with Crippen LogP contribution in [0, 0.1) is 6.92 Å². The number of hydrogen-bond donors (Lipinski definition) is 1. The zero-order chi connectivity index (χ0) is 22.8. The summed E-state index contributed by atoms with van der Waals surface area (Å²) in [7, 11) is 0. The van der Waals surface area contributed by atoms with E-state index in [9.17, 15) is 4.79 Å². The number of nitrogens with one attached hydrogen (secondary N) is 1. The molecule has 0 saturated carbocycles. The van der Waals surface area contributed by atoms with Crippen LogP contribution in [-0.4, -0.2) is 31.7 Å². The molecule has 166 valence electrons. The van der Waals surface area contributed by atoms with Crippen LogP contribution in [0.1, 0.15) is 35.0 Å². The maximum absolute atomic E-state index is 13.1. The molecule has 0 aliphatic heterocycles. The van der Waals surface area contributed by atoms with E-state index in [0.29, 0.717) is 30.2 Å². The summed E-state index contributed by atoms with van der Waals surface area (Å²) in [5.41, 5.74) is 5.20. The lowest BCUT2D eigenvalue weighted by Gasteiger charge is -2.09. The zero-order valence-corrected chi connectivity index (χ0v) is 18.7. The zero-order valence-electron chi connectivity index (χ0n) is 18.7. The van der Waals surface area contributed by atoms with Crippen LogP contribution in [0.15, 0.2) is 73.2 Å². The first-order valence-corrected chi connectivity index (χ1v) is 11.0. The number of ether oxygens (including phenoxy) is 1. The normalized spacial score (nSPS) is 11.2. The van der Waals surface area contributed by atoms with Gasteiger partial charge in [-0.3, -0.25) is 13.9 Å². The lowest BCUT2D eigenvalue weighted by molar-refractivity contribution is 0.102. The monoisotopic (exact) mass is 439 g/mol. The van der Waals surface area contributed by atoms with Gasteiger partial charge < -0.3 is 10.1 Å². The van der Waals surface area contributed by atoms with Gasteiger partial charge in [-0.15, -0.1) is 0 Å². The van der Waals surface area contributed by atoms with Gasteiger partial charge in [-0.05, 0) is 37.1 Å². The fourth-order valence-corrected chi connectivity index (χ4v) is 3.95. The molecule has 5 aromatic rings. The molecule has 1 amide bonds. The van der Waals surface area contributed by atoms with E-state index in [2.05, 4.69) is 53.5 Å². The molecule has 2 aromatic carbocycles. The predicted octanol–water partition coefficient (Wildman–Crippen LogP) is 5.08. The van der Waals surface area contributed by atoms with Crippen molar-refractivity contribution in [3.05, 3.63) is 90.0 Å². The Morgan fingerprint density at radius 2 is 1.97 bits per heavy atom. The van der Waals surface area contributed by atoms with E-state index < -0.39 is 0 Å². The fourth-order valence-electron chi connectivity index (χ4n) is 3.95. The van der Waals surface area contributed by atoms with Gasteiger partial charge in [0, 0.05) is 17.6 Å². The molecule has 7 nitrogen and oxygen atoms in total. The molecule has 0 saturated heterocycles. The van der Waals surface area contributed by atoms with Gasteiger partial charge >= 0.3 is 0 Å². The van der Waals surface area contributed by atoms with Crippen LogP contribution in [0.25, 0.3) is 16.6 Å². The molecule has 0 aliphatic carbocycles. The number of carbonyl (C=O) groups is 1. The second-order valence-corrected chi connectivity index (χ2v) is 8.07. The van der Waals surface area contributed by atoms with E-state index in [1.54, 1.807) is 16.8 Å². The number of benzene rings is 2. The lowest BCUT2D eigenvalue weighted by Crippen LogP contribution is -2.14. The molecule has 5 rings (SSSR count). The van der Waals surface area contributed by atoms with Crippen LogP contribution in [-0.2, 0) is 6.54 Å². The molecule has 1 N–H and O–H groups in total. The average Bonchev–Trinajstić information content (AvgIpc) is 3.42. The van der Waals surface area contributed by atoms with Gasteiger partial charge in [0.05, 0.1) is 36.7 Å². The number of amides is 1. The van der Waals surface area contributed by atoms with E-state index in [1.165, 1.54) is 11.1 Å². The molecule has 0 fully saturated rings. The minimum absolute atomic E-state index is 0.233. The van der Waals surface area contributed by atoms with Crippen molar-refractivity contribution >= 4 is 28.1 Å². The van der Waals surface area contributed by atoms with Gasteiger partial charge in [0.1, 0.15) is 17.1 Å². The van der Waals surface area contributed by atoms with Crippen LogP contribution < -0.4 is 10.1 Å². The predicted molar refractivity (Wildman–Crippen MR) is 129 cm³/mol. The first kappa shape index (κ1) is 20.8. The molecule has 0 atom stereocenters. The van der Waals surface area contributed by atoms with Gasteiger partial charge in [-0.25, -0.2) is 4.98 Å². The Morgan fingerprint density at radius 3 is 2.82 bits per heavy atom. The van der Waals surface area contributed by atoms with Crippen LogP contribution >= 0.6 is 0 Å². The summed E-state index contributed by atoms with van der Waals surface area (Å²) < 4.78 is 9.37. The standard InChI is InChI=1S/C26H25N5O2/c1-3-12-33-20-10-11-30-24(16-27-25(30)14-20)26(32)29-22-8-5-9-23-21(22)15-28-31(23)17-19-7-4-6-18(2)13-19/h4-11,13-16H,3,12,17H2,1-2H3,(H,29,32). The highest BCUT2D eigenvalue weighted by molar-refractivity contribution is 6.08. The van der Waals surface area contributed by atoms with Crippen molar-refractivity contribution in [2.45, 2.75) is 26.8 Å². The minimum atomic E-state index is -0.233. The Kier molecular flexibility index (Phi) is 5.52. The second kappa shape index (κ2) is 8.78. The number of imidazole rings is 1. The van der Waals surface area contributed by atoms with Crippen molar-refractivity contribution < 1.29 is 9.53 Å². The van der Waals surface area contributed by atoms with Crippen molar-refractivity contribution in [1.29, 1.82) is 0 Å². The molecule has 0 spiro atoms. The van der Waals surface area contributed by atoms with Crippen molar-refractivity contribution in [2.75, 3.05) is 11.9 Å². The Labute approximate surface area is 191 Å². The van der Waals surface area contributed by atoms with Gasteiger partial charge in [0.25, 0.3) is 5.91 Å². The smallest absolute Gasteiger partial charge is 0.274 e. The van der Waals surface area contributed by atoms with Gasteiger partial charge in [0.2, 0.25) is 0 Å². The quantitative estimate of drug-likeness (QED) is 0.384. The highest BCUT2D eigenvalue weighted by Gasteiger charge is 2.15. The molecule has 3 aromatic heterocycles. The second-order valence-electron chi connectivity index (χ2n) is 8.07. The summed E-state index contributed by atoms with van der Waals surface area (Å²) in [5, 5.41) is 8.49. The number of rotatable bonds is 7. The first-order chi connectivity index (χ1) is 16.1. The Bertz CT molecular complexity index is 1450. The van der Waals surface area contributed by atoms with Crippen LogP contribution in [0.4, 0.5) is 5.69 Å². The van der Waals surface area contributed by atoms with Gasteiger partial charge in [-0.1, -0.05) is 42.8 Å². The number of hydrogen-bond acceptors (Lipinski definition) is 4. The van der Waals surface area contributed by atoms with Crippen molar-refractivity contribution in [3.8, 4) is 5.75 Å². The number of nitrogens with zero attached hydrogens (tertiary/aromatic N) is 4. The Morgan fingerprint density at radius 1 is 1.09 bits per heavy atom. The molecule has 33 heavy (non-hydrogen) atoms. The first-order valence-electron chi connectivity index (χ1n) is 11.0. The SMILES string of the molecule is CCCOc1ccn2c(C(=O)Nc3cccc4c3cnn4Cc3cccc(C)c3)cnc2c1. The highest BCUT2D eigenvalue weighted by Crippen LogP contribution is 2.25. The maximum Gasteiger partial charge on any atom is 0.274 e. The summed E-state index contributed by atoms with van der Waals surface area (Å²) in [6.45, 7) is 5.45. The van der Waals surface area contributed by atoms with Crippen molar-refractivity contribution in [3.63, 3.8) is 0 Å². The Hall–Kier alpha value is -4.13. The lowest BCUT2D eigenvalue weighted by atomic mass is 10.1. The average molecular weight is 440 g/mol. The van der Waals surface area contributed by atoms with E-state index in [1.807, 2.05) is 41.2 Å². The van der Waals surface area contributed by atoms with Gasteiger partial charge in [-0.2, -0.15) is 5.10 Å². The molecular formula is C26H25N5O2. The number of aromatic nitrogens is 4. The van der Waals surface area contributed by atoms with Crippen LogP contribution in [0.3, 0.4) is 0 Å². The van der Waals surface area contributed by atoms with E-state index >= 15 is 0 Å². The third-order valence-electron chi connectivity index (χ3n) is 5.54. The third kappa shape index (κ3) is 4.17. The van der Waals surface area contributed by atoms with Crippen molar-refractivity contribution in [2.24, 2.45) is 0 Å². The number of pyridine rings is 1. The summed E-state index contributed by atoms with van der Waals surface area (Å²) in [6, 6.07) is 17.9. The van der Waals surface area contributed by atoms with Crippen LogP contribution in [0.2, 0.25) is 0 Å². The number of fused-ring (bicyclic) bond motifs is 2. The summed E-state index contributed by atoms with van der Waals surface area (Å²) in [4.78, 5) is 17.5. The van der Waals surface area contributed by atoms with E-state index in [-0.39, 0.29) is 5.91 Å². The molecule has 0 radical (unpaired) electrons. The number of aryl methyl sites for hydroxylation is 1. The molecule has 3 heterocycles. The Balaban J connectivity index is 1.40. The molecular weight excluding hydrogens is 414 g/mol. The summed E-state index contributed by atoms with van der Waals surface area (Å²) in [5.74, 6) is 0.511. The van der Waals surface area contributed by atoms with Crippen LogP contribution in [0.5, 0.6) is 5.75 Å². The topological polar surface area (TPSA) is 73.5 Å². The maximum atomic E-state index is 13.1. The van der Waals surface area contributed by atoms with E-state index in [4.69, 9.17) is 4.74 Å². The molecule has 0 bridgehead atoms. The van der Waals surface area contributed by atoms with Gasteiger partial charge in [0.15, 0.2) is 0 Å². The third-order valence-corrected chi connectivity index (χ3v) is 5.54. The summed E-state index contributed by atoms with van der Waals surface area (Å²) in [6.07, 6.45) is 6.12. The number of anilines is 1.